The molecular weight excluding hydrogens is 202 g/mol. The lowest BCUT2D eigenvalue weighted by atomic mass is 10.3. The number of hydrogen-bond acceptors (Lipinski definition) is 4. The zero-order valence-electron chi connectivity index (χ0n) is 8.38. The van der Waals surface area contributed by atoms with E-state index in [1.165, 1.54) is 0 Å². The molecule has 5 nitrogen and oxygen atoms in total. The van der Waals surface area contributed by atoms with Crippen LogP contribution in [0.5, 0.6) is 0 Å². The molecule has 2 N–H and O–H groups in total. The Bertz CT molecular complexity index is 569. The summed E-state index contributed by atoms with van der Waals surface area (Å²) >= 11 is 0. The predicted octanol–water partition coefficient (Wildman–Crippen LogP) is 2.10. The summed E-state index contributed by atoms with van der Waals surface area (Å²) in [6.45, 7) is 0. The molecular formula is C11H9N5. The lowest BCUT2D eigenvalue weighted by Crippen LogP contribution is -1.95. The van der Waals surface area contributed by atoms with Crippen LogP contribution in [0, 0.1) is 0 Å². The lowest BCUT2D eigenvalue weighted by Gasteiger charge is -1.98. The summed E-state index contributed by atoms with van der Waals surface area (Å²) in [4.78, 5) is 7.53. The number of aromatic nitrogens is 4. The van der Waals surface area contributed by atoms with Crippen LogP contribution in [0.1, 0.15) is 0 Å². The van der Waals surface area contributed by atoms with E-state index >= 15 is 0 Å². The maximum atomic E-state index is 4.37. The van der Waals surface area contributed by atoms with E-state index in [9.17, 15) is 0 Å². The number of nitrogens with one attached hydrogen (secondary N) is 2. The van der Waals surface area contributed by atoms with Gasteiger partial charge in [0.05, 0.1) is 11.0 Å². The fraction of sp³-hybridized carbons (Fsp3) is 0. The third-order valence-electron chi connectivity index (χ3n) is 2.21. The minimum absolute atomic E-state index is 0.668. The van der Waals surface area contributed by atoms with E-state index in [2.05, 4.69) is 25.5 Å². The maximum absolute atomic E-state index is 4.37. The van der Waals surface area contributed by atoms with Crippen molar-refractivity contribution in [2.24, 2.45) is 0 Å². The van der Waals surface area contributed by atoms with Crippen LogP contribution in [-0.4, -0.2) is 20.2 Å². The van der Waals surface area contributed by atoms with E-state index in [0.29, 0.717) is 11.8 Å². The fourth-order valence-corrected chi connectivity index (χ4v) is 1.50. The Kier molecular flexibility index (Phi) is 2.00. The second-order valence-corrected chi connectivity index (χ2v) is 3.34. The van der Waals surface area contributed by atoms with Crippen LogP contribution in [-0.2, 0) is 0 Å². The minimum Gasteiger partial charge on any atom is -0.324 e. The van der Waals surface area contributed by atoms with E-state index < -0.39 is 0 Å². The molecule has 2 heterocycles. The van der Waals surface area contributed by atoms with E-state index in [4.69, 9.17) is 0 Å². The molecule has 0 fully saturated rings. The molecule has 0 atom stereocenters. The van der Waals surface area contributed by atoms with Gasteiger partial charge in [0.1, 0.15) is 0 Å². The van der Waals surface area contributed by atoms with Gasteiger partial charge in [0.25, 0.3) is 0 Å². The van der Waals surface area contributed by atoms with E-state index in [1.807, 2.05) is 36.4 Å². The molecule has 16 heavy (non-hydrogen) atoms. The standard InChI is InChI=1S/C11H9N5/c1-2-5-9-8(4-1)13-11(14-9)15-10-6-3-7-12-16-10/h1-7H,(H2,13,14,15,16). The van der Waals surface area contributed by atoms with Gasteiger partial charge in [-0.3, -0.25) is 0 Å². The molecule has 78 valence electrons. The highest BCUT2D eigenvalue weighted by molar-refractivity contribution is 5.77. The molecule has 2 aromatic heterocycles. The normalized spacial score (nSPS) is 10.5. The van der Waals surface area contributed by atoms with Gasteiger partial charge < -0.3 is 10.3 Å². The first-order valence-electron chi connectivity index (χ1n) is 4.91. The van der Waals surface area contributed by atoms with Gasteiger partial charge in [-0.05, 0) is 24.3 Å². The number of fused-ring (bicyclic) bond motifs is 1. The largest absolute Gasteiger partial charge is 0.324 e. The molecule has 1 aromatic carbocycles. The van der Waals surface area contributed by atoms with E-state index in [1.54, 1.807) is 6.20 Å². The van der Waals surface area contributed by atoms with Crippen molar-refractivity contribution in [2.45, 2.75) is 0 Å². The Balaban J connectivity index is 1.95. The summed E-state index contributed by atoms with van der Waals surface area (Å²) in [5, 5.41) is 10.8. The average molecular weight is 211 g/mol. The molecule has 0 aliphatic heterocycles. The lowest BCUT2D eigenvalue weighted by molar-refractivity contribution is 1.03. The molecule has 0 unspecified atom stereocenters. The van der Waals surface area contributed by atoms with Gasteiger partial charge in [-0.25, -0.2) is 4.98 Å². The van der Waals surface area contributed by atoms with E-state index in [-0.39, 0.29) is 0 Å². The second-order valence-electron chi connectivity index (χ2n) is 3.34. The number of rotatable bonds is 2. The minimum atomic E-state index is 0.668. The Morgan fingerprint density at radius 2 is 2.00 bits per heavy atom. The van der Waals surface area contributed by atoms with Crippen LogP contribution in [0.15, 0.2) is 42.6 Å². The number of anilines is 2. The number of nitrogens with zero attached hydrogens (tertiary/aromatic N) is 3. The summed E-state index contributed by atoms with van der Waals surface area (Å²) in [7, 11) is 0. The highest BCUT2D eigenvalue weighted by Gasteiger charge is 2.01. The number of para-hydroxylation sites is 2. The molecule has 0 aliphatic rings. The van der Waals surface area contributed by atoms with Crippen molar-refractivity contribution in [3.8, 4) is 0 Å². The number of hydrogen-bond donors (Lipinski definition) is 2. The van der Waals surface area contributed by atoms with Gasteiger partial charge in [-0.15, -0.1) is 5.10 Å². The quantitative estimate of drug-likeness (QED) is 0.681. The zero-order chi connectivity index (χ0) is 10.8. The Hall–Kier alpha value is -2.43. The first-order chi connectivity index (χ1) is 7.92. The van der Waals surface area contributed by atoms with Crippen LogP contribution in [0.2, 0.25) is 0 Å². The zero-order valence-corrected chi connectivity index (χ0v) is 8.38. The topological polar surface area (TPSA) is 66.5 Å². The first-order valence-corrected chi connectivity index (χ1v) is 4.91. The molecule has 0 saturated heterocycles. The van der Waals surface area contributed by atoms with Crippen molar-refractivity contribution in [3.05, 3.63) is 42.6 Å². The molecule has 0 spiro atoms. The molecule has 5 heteroatoms. The van der Waals surface area contributed by atoms with Crippen LogP contribution < -0.4 is 5.32 Å². The van der Waals surface area contributed by atoms with Crippen molar-refractivity contribution in [1.29, 1.82) is 0 Å². The van der Waals surface area contributed by atoms with Gasteiger partial charge in [0.15, 0.2) is 5.82 Å². The SMILES string of the molecule is c1cnnc(Nc2nc3ccccc3[nH]2)c1. The van der Waals surface area contributed by atoms with Crippen LogP contribution in [0.25, 0.3) is 11.0 Å². The van der Waals surface area contributed by atoms with Gasteiger partial charge in [0, 0.05) is 6.20 Å². The maximum Gasteiger partial charge on any atom is 0.206 e. The fourth-order valence-electron chi connectivity index (χ4n) is 1.50. The Morgan fingerprint density at radius 3 is 2.81 bits per heavy atom. The van der Waals surface area contributed by atoms with Gasteiger partial charge in [0.2, 0.25) is 5.95 Å². The summed E-state index contributed by atoms with van der Waals surface area (Å²) in [5.74, 6) is 1.34. The highest BCUT2D eigenvalue weighted by Crippen LogP contribution is 2.15. The van der Waals surface area contributed by atoms with Crippen LogP contribution >= 0.6 is 0 Å². The van der Waals surface area contributed by atoms with Gasteiger partial charge >= 0.3 is 0 Å². The van der Waals surface area contributed by atoms with Gasteiger partial charge in [-0.1, -0.05) is 12.1 Å². The van der Waals surface area contributed by atoms with E-state index in [0.717, 1.165) is 11.0 Å². The summed E-state index contributed by atoms with van der Waals surface area (Å²) in [6, 6.07) is 11.5. The Labute approximate surface area is 91.6 Å². The second kappa shape index (κ2) is 3.62. The third-order valence-corrected chi connectivity index (χ3v) is 2.21. The van der Waals surface area contributed by atoms with Gasteiger partial charge in [-0.2, -0.15) is 5.10 Å². The predicted molar refractivity (Wildman–Crippen MR) is 61.4 cm³/mol. The average Bonchev–Trinajstić information content (AvgIpc) is 2.72. The number of aromatic amines is 1. The molecule has 0 saturated carbocycles. The smallest absolute Gasteiger partial charge is 0.206 e. The summed E-state index contributed by atoms with van der Waals surface area (Å²) in [6.07, 6.45) is 1.63. The molecule has 0 bridgehead atoms. The van der Waals surface area contributed by atoms with Crippen LogP contribution in [0.3, 0.4) is 0 Å². The van der Waals surface area contributed by atoms with Crippen molar-refractivity contribution in [1.82, 2.24) is 20.2 Å². The highest BCUT2D eigenvalue weighted by atomic mass is 15.2. The molecule has 3 aromatic rings. The van der Waals surface area contributed by atoms with Crippen molar-refractivity contribution in [2.75, 3.05) is 5.32 Å². The molecule has 0 radical (unpaired) electrons. The third kappa shape index (κ3) is 1.58. The molecule has 3 rings (SSSR count). The molecule has 0 aliphatic carbocycles. The van der Waals surface area contributed by atoms with Crippen molar-refractivity contribution >= 4 is 22.8 Å². The molecule has 0 amide bonds. The summed E-state index contributed by atoms with van der Waals surface area (Å²) in [5.41, 5.74) is 1.92. The number of H-pyrrole nitrogens is 1. The van der Waals surface area contributed by atoms with Crippen molar-refractivity contribution in [3.63, 3.8) is 0 Å². The first kappa shape index (κ1) is 8.84. The monoisotopic (exact) mass is 211 g/mol. The number of imidazole rings is 1. The Morgan fingerprint density at radius 1 is 1.06 bits per heavy atom. The number of benzene rings is 1. The van der Waals surface area contributed by atoms with Crippen LogP contribution in [0.4, 0.5) is 11.8 Å². The van der Waals surface area contributed by atoms with Crippen molar-refractivity contribution < 1.29 is 0 Å². The summed E-state index contributed by atoms with van der Waals surface area (Å²) < 4.78 is 0.